The molecule has 0 radical (unpaired) electrons. The van der Waals surface area contributed by atoms with Crippen LogP contribution in [0, 0.1) is 6.92 Å². The Morgan fingerprint density at radius 1 is 0.500 bits per heavy atom. The standard InChI is InChI=1S/C52H40OS/c1-5-17-48-33(4)49-51-50(44-22-15-16-23-45(44)52(49)54-48)46-32-39(28-29-47(46)53-51)43-21-14-9-8-13-20-42(40(6-2)41(43)7-3)38-27-26-36-30-35(24-25-37(36)31-38)34-18-11-10-12-19-34/h5-32H,1-4H3/b13-8?,14-9?,17-5-,40-6+,41-7?,42-20?,43-21?. The van der Waals surface area contributed by atoms with Gasteiger partial charge in [0.25, 0.3) is 0 Å². The third-order valence-electron chi connectivity index (χ3n) is 10.7. The summed E-state index contributed by atoms with van der Waals surface area (Å²) in [5.41, 5.74) is 10.3. The number of rotatable bonds is 4. The Balaban J connectivity index is 1.28. The summed E-state index contributed by atoms with van der Waals surface area (Å²) in [6.07, 6.45) is 8.86. The molecule has 0 atom stereocenters. The molecule has 2 heterocycles. The van der Waals surface area contributed by atoms with Gasteiger partial charge < -0.3 is 4.42 Å². The lowest BCUT2D eigenvalue weighted by molar-refractivity contribution is 0.673. The monoisotopic (exact) mass is 712 g/mol. The fraction of sp³-hybridized carbons (Fsp3) is 0.0769. The average molecular weight is 713 g/mol. The molecule has 0 saturated carbocycles. The first-order valence-corrected chi connectivity index (χ1v) is 19.5. The lowest BCUT2D eigenvalue weighted by Crippen LogP contribution is -2.27. The van der Waals surface area contributed by atoms with Crippen LogP contribution in [0.1, 0.15) is 31.2 Å². The van der Waals surface area contributed by atoms with Gasteiger partial charge in [-0.2, -0.15) is 0 Å². The highest BCUT2D eigenvalue weighted by molar-refractivity contribution is 7.21. The summed E-state index contributed by atoms with van der Waals surface area (Å²) in [5.74, 6) is 0. The molecular weight excluding hydrogens is 673 g/mol. The quantitative estimate of drug-likeness (QED) is 0.177. The van der Waals surface area contributed by atoms with E-state index in [9.17, 15) is 0 Å². The SMILES string of the molecule is CC=c1c(-c2ccc3oc4c5c(C)c(/C=C\C)sc5c5ccccc5c4c3c2)ccccccc(-c2ccc3cc(-c4ccccc4)ccc3c2)/c1=C/C. The largest absolute Gasteiger partial charge is 0.455 e. The van der Waals surface area contributed by atoms with E-state index in [-0.39, 0.29) is 0 Å². The molecule has 0 unspecified atom stereocenters. The molecule has 2 heteroatoms. The molecule has 0 amide bonds. The Bertz CT molecular complexity index is 3140. The van der Waals surface area contributed by atoms with Gasteiger partial charge in [0.15, 0.2) is 0 Å². The van der Waals surface area contributed by atoms with Crippen molar-refractivity contribution in [3.8, 4) is 33.4 Å². The van der Waals surface area contributed by atoms with Gasteiger partial charge in [-0.1, -0.05) is 140 Å². The molecule has 9 aromatic rings. The Labute approximate surface area is 319 Å². The first-order chi connectivity index (χ1) is 26.6. The molecule has 2 aromatic heterocycles. The molecule has 1 nitrogen and oxygen atoms in total. The minimum absolute atomic E-state index is 0.906. The zero-order valence-corrected chi connectivity index (χ0v) is 31.8. The predicted octanol–water partition coefficient (Wildman–Crippen LogP) is 14.2. The summed E-state index contributed by atoms with van der Waals surface area (Å²) in [6.45, 7) is 8.61. The van der Waals surface area contributed by atoms with Crippen LogP contribution in [0.5, 0.6) is 0 Å². The highest BCUT2D eigenvalue weighted by Crippen LogP contribution is 2.46. The van der Waals surface area contributed by atoms with Crippen molar-refractivity contribution in [2.24, 2.45) is 0 Å². The van der Waals surface area contributed by atoms with Crippen LogP contribution in [0.3, 0.4) is 0 Å². The van der Waals surface area contributed by atoms with Crippen LogP contribution in [0.15, 0.2) is 156 Å². The van der Waals surface area contributed by atoms with Gasteiger partial charge in [0.2, 0.25) is 0 Å². The van der Waals surface area contributed by atoms with Crippen LogP contribution in [-0.4, -0.2) is 0 Å². The first-order valence-electron chi connectivity index (χ1n) is 18.7. The van der Waals surface area contributed by atoms with Gasteiger partial charge in [0.1, 0.15) is 11.2 Å². The first kappa shape index (κ1) is 33.6. The van der Waals surface area contributed by atoms with Crippen LogP contribution in [0.25, 0.3) is 105 Å². The Kier molecular flexibility index (Phi) is 8.69. The molecule has 260 valence electrons. The summed E-state index contributed by atoms with van der Waals surface area (Å²) >= 11 is 1.85. The molecule has 9 rings (SSSR count). The second-order valence-corrected chi connectivity index (χ2v) is 14.9. The van der Waals surface area contributed by atoms with E-state index in [0.29, 0.717) is 0 Å². The topological polar surface area (TPSA) is 13.1 Å². The highest BCUT2D eigenvalue weighted by Gasteiger charge is 2.20. The molecule has 0 bridgehead atoms. The molecule has 7 aromatic carbocycles. The summed E-state index contributed by atoms with van der Waals surface area (Å²) in [5, 5.41) is 10.9. The summed E-state index contributed by atoms with van der Waals surface area (Å²) < 4.78 is 8.10. The minimum atomic E-state index is 0.906. The molecule has 0 N–H and O–H groups in total. The fourth-order valence-electron chi connectivity index (χ4n) is 8.16. The van der Waals surface area contributed by atoms with E-state index in [2.05, 4.69) is 198 Å². The molecule has 0 saturated heterocycles. The smallest absolute Gasteiger partial charge is 0.145 e. The van der Waals surface area contributed by atoms with Gasteiger partial charge >= 0.3 is 0 Å². The Morgan fingerprint density at radius 2 is 1.07 bits per heavy atom. The number of fused-ring (bicyclic) bond motifs is 9. The maximum Gasteiger partial charge on any atom is 0.145 e. The van der Waals surface area contributed by atoms with Gasteiger partial charge in [0.05, 0.1) is 0 Å². The van der Waals surface area contributed by atoms with E-state index in [0.717, 1.165) is 22.1 Å². The van der Waals surface area contributed by atoms with Crippen LogP contribution in [0.2, 0.25) is 0 Å². The van der Waals surface area contributed by atoms with E-state index < -0.39 is 0 Å². The number of aryl methyl sites for hydroxylation is 1. The average Bonchev–Trinajstić information content (AvgIpc) is 3.76. The maximum atomic E-state index is 6.81. The predicted molar refractivity (Wildman–Crippen MR) is 237 cm³/mol. The van der Waals surface area contributed by atoms with Crippen molar-refractivity contribution in [3.05, 3.63) is 173 Å². The lowest BCUT2D eigenvalue weighted by atomic mass is 9.94. The van der Waals surface area contributed by atoms with Crippen molar-refractivity contribution in [1.82, 2.24) is 0 Å². The maximum absolute atomic E-state index is 6.81. The van der Waals surface area contributed by atoms with Crippen molar-refractivity contribution in [2.45, 2.75) is 27.7 Å². The third-order valence-corrected chi connectivity index (χ3v) is 12.0. The number of allylic oxidation sites excluding steroid dienone is 1. The van der Waals surface area contributed by atoms with Crippen molar-refractivity contribution < 1.29 is 4.42 Å². The zero-order valence-electron chi connectivity index (χ0n) is 31.0. The van der Waals surface area contributed by atoms with E-state index in [1.54, 1.807) is 0 Å². The van der Waals surface area contributed by atoms with Gasteiger partial charge in [-0.3, -0.25) is 0 Å². The molecule has 0 aliphatic rings. The van der Waals surface area contributed by atoms with Gasteiger partial charge in [-0.15, -0.1) is 11.3 Å². The van der Waals surface area contributed by atoms with Crippen molar-refractivity contribution >= 4 is 83.1 Å². The van der Waals surface area contributed by atoms with E-state index >= 15 is 0 Å². The second-order valence-electron chi connectivity index (χ2n) is 13.8. The van der Waals surface area contributed by atoms with Gasteiger partial charge in [-0.05, 0) is 124 Å². The molecule has 0 aliphatic carbocycles. The number of thiophene rings is 1. The van der Waals surface area contributed by atoms with E-state index in [1.165, 1.54) is 85.7 Å². The fourth-order valence-corrected chi connectivity index (χ4v) is 9.48. The Morgan fingerprint density at radius 3 is 1.76 bits per heavy atom. The van der Waals surface area contributed by atoms with Crippen molar-refractivity contribution in [3.63, 3.8) is 0 Å². The number of furan rings is 1. The normalized spacial score (nSPS) is 12.6. The van der Waals surface area contributed by atoms with Crippen LogP contribution >= 0.6 is 11.3 Å². The Hall–Kier alpha value is -6.22. The van der Waals surface area contributed by atoms with Crippen LogP contribution in [0.4, 0.5) is 0 Å². The van der Waals surface area contributed by atoms with Gasteiger partial charge in [-0.25, -0.2) is 0 Å². The van der Waals surface area contributed by atoms with Gasteiger partial charge in [0, 0.05) is 31.1 Å². The van der Waals surface area contributed by atoms with Crippen molar-refractivity contribution in [2.75, 3.05) is 0 Å². The molecule has 0 spiro atoms. The van der Waals surface area contributed by atoms with Crippen LogP contribution in [-0.2, 0) is 0 Å². The van der Waals surface area contributed by atoms with E-state index in [4.69, 9.17) is 4.42 Å². The number of benzene rings is 6. The van der Waals surface area contributed by atoms with E-state index in [1.807, 2.05) is 11.3 Å². The molecule has 0 aliphatic heterocycles. The number of hydrogen-bond donors (Lipinski definition) is 0. The zero-order chi connectivity index (χ0) is 36.8. The number of hydrogen-bond acceptors (Lipinski definition) is 2. The second kappa shape index (κ2) is 14.0. The summed E-state index contributed by atoms with van der Waals surface area (Å²) in [7, 11) is 0. The lowest BCUT2D eigenvalue weighted by Gasteiger charge is -2.09. The summed E-state index contributed by atoms with van der Waals surface area (Å²) in [6, 6.07) is 52.8. The molecule has 54 heavy (non-hydrogen) atoms. The summed E-state index contributed by atoms with van der Waals surface area (Å²) in [4.78, 5) is 1.28. The van der Waals surface area contributed by atoms with Crippen molar-refractivity contribution in [1.29, 1.82) is 0 Å². The molecular formula is C52H40OS. The highest BCUT2D eigenvalue weighted by atomic mass is 32.1. The molecule has 0 fully saturated rings. The van der Waals surface area contributed by atoms with Crippen LogP contribution < -0.4 is 10.4 Å². The third kappa shape index (κ3) is 5.62. The minimum Gasteiger partial charge on any atom is -0.455 e.